The fraction of sp³-hybridized carbons (Fsp3) is 0.419. The van der Waals surface area contributed by atoms with Gasteiger partial charge in [0.25, 0.3) is 6.01 Å². The number of nitrogens with zero attached hydrogens (tertiary/aromatic N) is 11. The number of halogens is 10. The molecule has 0 spiro atoms. The maximum absolute atomic E-state index is 15.0. The lowest BCUT2D eigenvalue weighted by Crippen LogP contribution is -2.43. The van der Waals surface area contributed by atoms with Gasteiger partial charge in [-0.3, -0.25) is 36.6 Å². The molecule has 0 aliphatic carbocycles. The summed E-state index contributed by atoms with van der Waals surface area (Å²) >= 11 is 25.3. The molecule has 708 valence electrons. The van der Waals surface area contributed by atoms with Crippen LogP contribution < -0.4 is 19.7 Å². The van der Waals surface area contributed by atoms with Gasteiger partial charge in [0, 0.05) is 78.9 Å². The van der Waals surface area contributed by atoms with E-state index in [1.54, 1.807) is 56.3 Å². The molecule has 12 heterocycles. The predicted octanol–water partition coefficient (Wildman–Crippen LogP) is 22.5. The molecule has 6 saturated heterocycles. The second-order valence-electron chi connectivity index (χ2n) is 34.1. The molecular formula is C93H104BCl4F6N15O11S3. The lowest BCUT2D eigenvalue weighted by Gasteiger charge is -2.32. The molecule has 5 N–H and O–H groups in total. The number of hydrogen-bond acceptors (Lipinski definition) is 23. The highest BCUT2D eigenvalue weighted by Crippen LogP contribution is 2.45. The Hall–Kier alpha value is -9.09. The van der Waals surface area contributed by atoms with Crippen molar-refractivity contribution >= 4 is 121 Å². The molecule has 6 aliphatic rings. The van der Waals surface area contributed by atoms with Gasteiger partial charge in [-0.15, -0.1) is 0 Å². The Morgan fingerprint density at radius 2 is 0.812 bits per heavy atom. The molecule has 6 aliphatic heterocycles. The van der Waals surface area contributed by atoms with Crippen LogP contribution in [0.1, 0.15) is 105 Å². The van der Waals surface area contributed by atoms with E-state index in [2.05, 4.69) is 107 Å². The van der Waals surface area contributed by atoms with E-state index in [-0.39, 0.29) is 84.8 Å². The predicted molar refractivity (Wildman–Crippen MR) is 509 cm³/mol. The summed E-state index contributed by atoms with van der Waals surface area (Å²) < 4.78 is 185. The summed E-state index contributed by atoms with van der Waals surface area (Å²) in [5.74, 6) is -9.63. The van der Waals surface area contributed by atoms with Crippen molar-refractivity contribution in [2.24, 2.45) is 13.1 Å². The summed E-state index contributed by atoms with van der Waals surface area (Å²) in [6, 6.07) is 52.4. The SMILES string of the molecule is CC[C@H]1OC[C@@H](Oc2nc3cc(Cl)c(-c4ccc(-c5ccc(S(C)(=N)=NC)cc5)cc4)nc3n2C2CCCCO2)C1(F)F.CC[C@H]1OC[C@@H](Oc2nc3cc(Cl)c(Cl)nc3n2C2CCCCO2)C1(F)F.CN=S(C)(=N)c1ccc(-c2ccc(-c3nc4nc(O[C@@H]5CO[C@H](CO)C5(F)F)[nH]c4cc3Cl)cc2)cc1.CN=S(C)(=N)c1ccc(-c2ccc(B3OC(C)(C)C(C)(C)O3)cc2)cc1. The topological polar surface area (TPSA) is 324 Å². The van der Waals surface area contributed by atoms with Crippen LogP contribution in [-0.2, 0) is 61.9 Å². The zero-order chi connectivity index (χ0) is 95.1. The zero-order valence-electron chi connectivity index (χ0n) is 75.1. The molecule has 11 atom stereocenters. The van der Waals surface area contributed by atoms with Crippen LogP contribution in [0, 0.1) is 14.3 Å². The fourth-order valence-corrected chi connectivity index (χ4v) is 19.3. The largest absolute Gasteiger partial charge is 0.494 e. The summed E-state index contributed by atoms with van der Waals surface area (Å²) in [7, 11) is -0.877. The van der Waals surface area contributed by atoms with E-state index in [4.69, 9.17) is 118 Å². The number of nitrogens with one attached hydrogen (secondary N) is 4. The Bertz CT molecular complexity index is 6600. The average molecular weight is 1970 g/mol. The van der Waals surface area contributed by atoms with Gasteiger partial charge < -0.3 is 57.3 Å². The third-order valence-electron chi connectivity index (χ3n) is 24.8. The van der Waals surface area contributed by atoms with Crippen molar-refractivity contribution in [2.45, 2.75) is 186 Å². The van der Waals surface area contributed by atoms with Crippen LogP contribution in [0.15, 0.2) is 192 Å². The monoisotopic (exact) mass is 1970 g/mol. The molecule has 6 aromatic carbocycles. The van der Waals surface area contributed by atoms with E-state index in [1.165, 1.54) is 6.07 Å². The number of imidazole rings is 3. The van der Waals surface area contributed by atoms with Gasteiger partial charge in [0.05, 0.1) is 69.6 Å². The van der Waals surface area contributed by atoms with E-state index >= 15 is 8.78 Å². The zero-order valence-corrected chi connectivity index (χ0v) is 80.6. The van der Waals surface area contributed by atoms with Crippen molar-refractivity contribution in [3.8, 4) is 73.9 Å². The lowest BCUT2D eigenvalue weighted by atomic mass is 9.78. The van der Waals surface area contributed by atoms with E-state index in [0.717, 1.165) is 90.3 Å². The fourth-order valence-electron chi connectivity index (χ4n) is 15.9. The van der Waals surface area contributed by atoms with E-state index < -0.39 is 102 Å². The Balaban J connectivity index is 0.000000138. The highest BCUT2D eigenvalue weighted by atomic mass is 35.5. The summed E-state index contributed by atoms with van der Waals surface area (Å²) in [4.78, 5) is 32.3. The smallest absolute Gasteiger partial charge is 0.452 e. The quantitative estimate of drug-likeness (QED) is 0.0269. The van der Waals surface area contributed by atoms with Gasteiger partial charge in [0.1, 0.15) is 47.0 Å². The summed E-state index contributed by atoms with van der Waals surface area (Å²) in [5.41, 5.74) is 11.6. The normalized spacial score (nSPS) is 23.0. The minimum absolute atomic E-state index is 0.00719. The molecule has 18 rings (SSSR count). The standard InChI is InChI=1S/C31H34ClF2N5O3S.C25H24ClF2N5O3S.C20H27BN2O2S.C17H19Cl2F2N3O3/c1-4-25-31(33,34)26(18-41-25)42-30-37-24-17-23(32)28(38-29(24)39(30)27-7-5-6-16-40-27)21-10-8-19(9-11-21)20-12-14-22(15-13-20)43(3,35)36-2;1-30-37(2,29)17-9-7-15(8-10-17)14-3-5-16(6-4-14)22-18(26)11-19-23(32-22)33-24(31-19)36-21-13-35-20(12-34)25(21,27)28;1-19(2)20(3,4)25-21(24-19)17-11-7-15(8-12-17)16-9-13-18(14-10-16)26(6,22)23-5;1-2-11-17(20,21)12(8-26-11)27-16-22-10-7-9(18)14(19)23-15(10)24(16)13-5-3-4-6-25-13/h8-15,17,25-27,35H,4-7,16,18H2,1-3H3;3-11,20-21,29,34H,12-13H2,1-2H3,(H,31,32,33);7-14,22H,1-6H3;7,11-13H,2-6,8H2,1H3/t25-,26-,27?,43?;20-,21-,37?;;11-,12-,13?/m11.1/s1. The van der Waals surface area contributed by atoms with E-state index in [1.807, 2.05) is 128 Å². The number of H-pyrrole nitrogens is 1. The molecule has 0 saturated carbocycles. The minimum Gasteiger partial charge on any atom is -0.452 e. The summed E-state index contributed by atoms with van der Waals surface area (Å²) in [6.07, 6.45) is 1.64. The molecule has 6 aromatic heterocycles. The Kier molecular flexibility index (Phi) is 29.5. The lowest BCUT2D eigenvalue weighted by molar-refractivity contribution is -0.118. The Morgan fingerprint density at radius 3 is 1.19 bits per heavy atom. The molecular weight excluding hydrogens is 1870 g/mol. The summed E-state index contributed by atoms with van der Waals surface area (Å²) in [5, 5.41) is 10.2. The van der Waals surface area contributed by atoms with Crippen molar-refractivity contribution in [1.29, 1.82) is 14.3 Å². The third kappa shape index (κ3) is 20.8. The number of ether oxygens (including phenoxy) is 8. The second kappa shape index (κ2) is 39.9. The number of alkyl halides is 6. The first-order valence-corrected chi connectivity index (χ1v) is 50.8. The first-order valence-electron chi connectivity index (χ1n) is 43.3. The van der Waals surface area contributed by atoms with Crippen molar-refractivity contribution in [3.05, 3.63) is 184 Å². The van der Waals surface area contributed by atoms with Gasteiger partial charge in [0.15, 0.2) is 35.3 Å². The van der Waals surface area contributed by atoms with E-state index in [9.17, 15) is 17.6 Å². The van der Waals surface area contributed by atoms with Crippen LogP contribution in [0.5, 0.6) is 18.0 Å². The van der Waals surface area contributed by atoms with Gasteiger partial charge >= 0.3 is 36.9 Å². The van der Waals surface area contributed by atoms with Crippen LogP contribution in [-0.4, -0.2) is 201 Å². The number of aliphatic hydroxyl groups is 1. The first-order chi connectivity index (χ1) is 63.2. The number of aromatic amines is 1. The third-order valence-corrected chi connectivity index (χ3v) is 31.8. The summed E-state index contributed by atoms with van der Waals surface area (Å²) in [6.45, 7) is 11.1. The number of hydrogen-bond donors (Lipinski definition) is 5. The van der Waals surface area contributed by atoms with Gasteiger partial charge in [0.2, 0.25) is 0 Å². The molecule has 133 heavy (non-hydrogen) atoms. The Morgan fingerprint density at radius 1 is 0.459 bits per heavy atom. The van der Waals surface area contributed by atoms with Gasteiger partial charge in [-0.2, -0.15) is 41.3 Å². The second-order valence-corrected chi connectivity index (χ2v) is 43.4. The van der Waals surface area contributed by atoms with Gasteiger partial charge in [-0.05, 0) is 201 Å². The number of pyridine rings is 3. The number of benzene rings is 6. The van der Waals surface area contributed by atoms with Crippen molar-refractivity contribution < 1.29 is 78.7 Å². The maximum Gasteiger partial charge on any atom is 0.494 e. The number of fused-ring (bicyclic) bond motifs is 3. The average Bonchev–Trinajstić information content (AvgIpc) is 1.59. The molecule has 12 aromatic rings. The van der Waals surface area contributed by atoms with Crippen molar-refractivity contribution in [2.75, 3.05) is 79.6 Å². The van der Waals surface area contributed by atoms with Gasteiger partial charge in [-0.25, -0.2) is 15.0 Å². The highest BCUT2D eigenvalue weighted by Gasteiger charge is 2.58. The number of rotatable bonds is 20. The van der Waals surface area contributed by atoms with Crippen molar-refractivity contribution in [1.82, 2.24) is 44.0 Å². The van der Waals surface area contributed by atoms with Crippen LogP contribution >= 0.6 is 46.4 Å². The molecule has 5 unspecified atom stereocenters. The number of aromatic nitrogens is 9. The molecule has 0 bridgehead atoms. The van der Waals surface area contributed by atoms with Crippen LogP contribution in [0.25, 0.3) is 89.4 Å². The molecule has 0 radical (unpaired) electrons. The van der Waals surface area contributed by atoms with E-state index in [0.29, 0.717) is 75.3 Å². The van der Waals surface area contributed by atoms with Crippen LogP contribution in [0.4, 0.5) is 26.3 Å². The molecule has 26 nitrogen and oxygen atoms in total. The Labute approximate surface area is 789 Å². The molecule has 6 fully saturated rings. The van der Waals surface area contributed by atoms with Crippen LogP contribution in [0.2, 0.25) is 20.2 Å². The highest BCUT2D eigenvalue weighted by molar-refractivity contribution is 7.94. The van der Waals surface area contributed by atoms with Crippen molar-refractivity contribution in [3.63, 3.8) is 0 Å². The first kappa shape index (κ1) is 98.4. The molecule has 0 amide bonds. The maximum atomic E-state index is 15.0. The number of aliphatic hydroxyl groups excluding tert-OH is 1. The minimum atomic E-state index is -3.36. The van der Waals surface area contributed by atoms with Crippen LogP contribution in [0.3, 0.4) is 0 Å². The van der Waals surface area contributed by atoms with Gasteiger partial charge in [-0.1, -0.05) is 169 Å². The molecule has 40 heteroatoms.